The van der Waals surface area contributed by atoms with Crippen LogP contribution in [0.15, 0.2) is 46.0 Å². The zero-order valence-corrected chi connectivity index (χ0v) is 14.3. The number of thiophene rings is 1. The van der Waals surface area contributed by atoms with E-state index >= 15 is 0 Å². The van der Waals surface area contributed by atoms with E-state index in [2.05, 4.69) is 0 Å². The van der Waals surface area contributed by atoms with Gasteiger partial charge in [0.15, 0.2) is 0 Å². The van der Waals surface area contributed by atoms with Gasteiger partial charge in [0.25, 0.3) is 0 Å². The molecule has 124 valence electrons. The Bertz CT molecular complexity index is 777. The number of thioether (sulfide) groups is 1. The Morgan fingerprint density at radius 2 is 2.12 bits per heavy atom. The Morgan fingerprint density at radius 1 is 1.29 bits per heavy atom. The molecule has 3 heterocycles. The van der Waals surface area contributed by atoms with Crippen LogP contribution in [0.4, 0.5) is 4.79 Å². The zero-order chi connectivity index (χ0) is 16.7. The van der Waals surface area contributed by atoms with Crippen molar-refractivity contribution in [1.29, 1.82) is 0 Å². The molecular weight excluding hydrogens is 346 g/mol. The van der Waals surface area contributed by atoms with Crippen LogP contribution in [-0.4, -0.2) is 35.2 Å². The van der Waals surface area contributed by atoms with E-state index in [4.69, 9.17) is 4.74 Å². The maximum atomic E-state index is 13.0. The molecule has 2 aliphatic rings. The molecule has 0 bridgehead atoms. The number of carbonyl (C=O) groups is 2. The van der Waals surface area contributed by atoms with Gasteiger partial charge in [-0.05, 0) is 34.0 Å². The monoisotopic (exact) mass is 361 g/mol. The first-order valence-corrected chi connectivity index (χ1v) is 9.43. The number of ether oxygens (including phenoxy) is 1. The number of fused-ring (bicyclic) bond motifs is 1. The first-order chi connectivity index (χ1) is 11.7. The third-order valence-electron chi connectivity index (χ3n) is 4.34. The smallest absolute Gasteiger partial charge is 0.416 e. The van der Waals surface area contributed by atoms with Crippen molar-refractivity contribution in [3.05, 3.63) is 52.2 Å². The molecule has 5 nitrogen and oxygen atoms in total. The summed E-state index contributed by atoms with van der Waals surface area (Å²) in [5.41, 5.74) is 1.73. The molecule has 1 saturated heterocycles. The van der Waals surface area contributed by atoms with E-state index in [9.17, 15) is 14.7 Å². The number of imide groups is 1. The summed E-state index contributed by atoms with van der Waals surface area (Å²) in [4.78, 5) is 26.9. The normalized spacial score (nSPS) is 26.1. The van der Waals surface area contributed by atoms with Crippen LogP contribution < -0.4 is 0 Å². The number of nitrogens with zero attached hydrogens (tertiary/aromatic N) is 1. The predicted molar refractivity (Wildman–Crippen MR) is 90.9 cm³/mol. The summed E-state index contributed by atoms with van der Waals surface area (Å²) in [6.45, 7) is 0.448. The molecule has 1 N–H and O–H groups in total. The van der Waals surface area contributed by atoms with Crippen molar-refractivity contribution in [2.24, 2.45) is 5.92 Å². The van der Waals surface area contributed by atoms with Gasteiger partial charge in [-0.2, -0.15) is 11.3 Å². The highest BCUT2D eigenvalue weighted by atomic mass is 32.2. The predicted octanol–water partition coefficient (Wildman–Crippen LogP) is 3.22. The zero-order valence-electron chi connectivity index (χ0n) is 12.6. The van der Waals surface area contributed by atoms with E-state index in [1.54, 1.807) is 23.1 Å². The molecule has 1 fully saturated rings. The topological polar surface area (TPSA) is 66.8 Å². The summed E-state index contributed by atoms with van der Waals surface area (Å²) in [6, 6.07) is 9.51. The van der Waals surface area contributed by atoms with E-state index in [1.165, 1.54) is 0 Å². The van der Waals surface area contributed by atoms with Gasteiger partial charge in [-0.1, -0.05) is 18.2 Å². The molecule has 3 atom stereocenters. The molecule has 0 aliphatic carbocycles. The third kappa shape index (κ3) is 2.53. The van der Waals surface area contributed by atoms with Gasteiger partial charge in [0, 0.05) is 10.1 Å². The van der Waals surface area contributed by atoms with Crippen LogP contribution >= 0.6 is 23.1 Å². The average molecular weight is 361 g/mol. The Morgan fingerprint density at radius 3 is 2.83 bits per heavy atom. The molecule has 24 heavy (non-hydrogen) atoms. The van der Waals surface area contributed by atoms with Gasteiger partial charge in [0.1, 0.15) is 6.61 Å². The van der Waals surface area contributed by atoms with Crippen molar-refractivity contribution in [2.75, 3.05) is 13.2 Å². The quantitative estimate of drug-likeness (QED) is 0.890. The molecule has 0 spiro atoms. The van der Waals surface area contributed by atoms with Gasteiger partial charge in [-0.25, -0.2) is 9.69 Å². The van der Waals surface area contributed by atoms with E-state index < -0.39 is 18.1 Å². The number of aliphatic hydroxyl groups is 1. The number of benzene rings is 1. The third-order valence-corrected chi connectivity index (χ3v) is 6.49. The summed E-state index contributed by atoms with van der Waals surface area (Å²) in [6.07, 6.45) is -1.58. The van der Waals surface area contributed by atoms with Crippen molar-refractivity contribution in [2.45, 2.75) is 16.2 Å². The number of hydrogen-bond donors (Lipinski definition) is 1. The largest absolute Gasteiger partial charge is 0.447 e. The number of cyclic esters (lactones) is 1. The number of amides is 2. The highest BCUT2D eigenvalue weighted by molar-refractivity contribution is 7.99. The minimum absolute atomic E-state index is 0.209. The Kier molecular flexibility index (Phi) is 4.07. The van der Waals surface area contributed by atoms with Gasteiger partial charge in [0.2, 0.25) is 5.91 Å². The number of aliphatic hydroxyl groups excluding tert-OH is 1. The standard InChI is InChI=1S/C17H15NO4S2/c19-14-11-3-1-2-4-12(11)24-15(10-5-8-23-9-10)13(14)16(20)18-6-7-22-17(18)21/h1-5,8-9,13-15,19H,6-7H2/t13-,14+,15+/m1/s1. The lowest BCUT2D eigenvalue weighted by molar-refractivity contribution is -0.136. The summed E-state index contributed by atoms with van der Waals surface area (Å²) in [7, 11) is 0. The van der Waals surface area contributed by atoms with Crippen molar-refractivity contribution in [3.63, 3.8) is 0 Å². The van der Waals surface area contributed by atoms with E-state index in [1.807, 2.05) is 41.1 Å². The summed E-state index contributed by atoms with van der Waals surface area (Å²) < 4.78 is 4.89. The number of hydrogen-bond acceptors (Lipinski definition) is 6. The molecule has 4 rings (SSSR count). The van der Waals surface area contributed by atoms with E-state index in [-0.39, 0.29) is 24.3 Å². The fraction of sp³-hybridized carbons (Fsp3) is 0.294. The maximum absolute atomic E-state index is 13.0. The fourth-order valence-electron chi connectivity index (χ4n) is 3.15. The first-order valence-electron chi connectivity index (χ1n) is 7.60. The number of rotatable bonds is 2. The Balaban J connectivity index is 1.76. The highest BCUT2D eigenvalue weighted by Gasteiger charge is 2.46. The second-order valence-corrected chi connectivity index (χ2v) is 7.67. The molecular formula is C17H15NO4S2. The summed E-state index contributed by atoms with van der Waals surface area (Å²) in [5, 5.41) is 14.6. The molecule has 0 saturated carbocycles. The highest BCUT2D eigenvalue weighted by Crippen LogP contribution is 2.53. The van der Waals surface area contributed by atoms with Gasteiger partial charge in [-0.15, -0.1) is 11.8 Å². The second kappa shape index (κ2) is 6.23. The van der Waals surface area contributed by atoms with Gasteiger partial charge >= 0.3 is 6.09 Å². The van der Waals surface area contributed by atoms with E-state index in [0.29, 0.717) is 0 Å². The Hall–Kier alpha value is -1.83. The summed E-state index contributed by atoms with van der Waals surface area (Å²) in [5.74, 6) is -1.09. The minimum Gasteiger partial charge on any atom is -0.447 e. The van der Waals surface area contributed by atoms with Crippen molar-refractivity contribution >= 4 is 35.1 Å². The van der Waals surface area contributed by atoms with E-state index in [0.717, 1.165) is 20.9 Å². The lowest BCUT2D eigenvalue weighted by Gasteiger charge is -2.36. The van der Waals surface area contributed by atoms with Crippen LogP contribution in [0.25, 0.3) is 0 Å². The molecule has 2 amide bonds. The van der Waals surface area contributed by atoms with Gasteiger partial charge in [0.05, 0.1) is 18.6 Å². The molecule has 0 radical (unpaired) electrons. The lowest BCUT2D eigenvalue weighted by atomic mass is 9.88. The molecule has 7 heteroatoms. The van der Waals surface area contributed by atoms with Crippen molar-refractivity contribution in [1.82, 2.24) is 4.90 Å². The fourth-order valence-corrected chi connectivity index (χ4v) is 5.38. The SMILES string of the molecule is O=C1OCCN1C(=O)[C@@H]1[C@@H](O)c2ccccc2S[C@H]1c1ccsc1. The van der Waals surface area contributed by atoms with Crippen LogP contribution in [0.1, 0.15) is 22.5 Å². The van der Waals surface area contributed by atoms with Crippen molar-refractivity contribution in [3.8, 4) is 0 Å². The Labute approximate surface area is 147 Å². The molecule has 1 aromatic carbocycles. The molecule has 2 aliphatic heterocycles. The molecule has 2 aromatic rings. The molecule has 0 unspecified atom stereocenters. The van der Waals surface area contributed by atoms with Crippen molar-refractivity contribution < 1.29 is 19.4 Å². The number of carbonyl (C=O) groups excluding carboxylic acids is 2. The first kappa shape index (κ1) is 15.7. The second-order valence-electron chi connectivity index (χ2n) is 5.71. The van der Waals surface area contributed by atoms with Crippen LogP contribution in [-0.2, 0) is 9.53 Å². The summed E-state index contributed by atoms with van der Waals surface area (Å²) >= 11 is 3.11. The van der Waals surface area contributed by atoms with Crippen LogP contribution in [0.5, 0.6) is 0 Å². The van der Waals surface area contributed by atoms with Crippen LogP contribution in [0, 0.1) is 5.92 Å². The van der Waals surface area contributed by atoms with Crippen LogP contribution in [0.2, 0.25) is 0 Å². The maximum Gasteiger partial charge on any atom is 0.416 e. The average Bonchev–Trinajstić information content (AvgIpc) is 3.25. The van der Waals surface area contributed by atoms with Crippen LogP contribution in [0.3, 0.4) is 0 Å². The lowest BCUT2D eigenvalue weighted by Crippen LogP contribution is -2.42. The van der Waals surface area contributed by atoms with Gasteiger partial charge < -0.3 is 9.84 Å². The molecule has 1 aromatic heterocycles. The minimum atomic E-state index is -0.951. The van der Waals surface area contributed by atoms with Gasteiger partial charge in [-0.3, -0.25) is 4.79 Å².